The van der Waals surface area contributed by atoms with Crippen LogP contribution in [0.5, 0.6) is 5.75 Å². The lowest BCUT2D eigenvalue weighted by Crippen LogP contribution is -2.44. The van der Waals surface area contributed by atoms with E-state index in [1.807, 2.05) is 6.92 Å². The molecule has 0 aliphatic heterocycles. The molecule has 1 atom stereocenters. The molecule has 0 unspecified atom stereocenters. The molecule has 0 fully saturated rings. The van der Waals surface area contributed by atoms with Gasteiger partial charge in [0, 0.05) is 6.54 Å². The molecule has 11 nitrogen and oxygen atoms in total. The van der Waals surface area contributed by atoms with Crippen LogP contribution >= 0.6 is 0 Å². The molecule has 1 aromatic rings. The zero-order valence-corrected chi connectivity index (χ0v) is 20.5. The van der Waals surface area contributed by atoms with Crippen LogP contribution in [0.1, 0.15) is 49.3 Å². The van der Waals surface area contributed by atoms with Crippen LogP contribution in [0.15, 0.2) is 11.0 Å². The molecule has 5 N–H and O–H groups in total. The number of aryl methyl sites for hydroxylation is 1. The SMILES string of the molecule is CCCCOC(=O)N[C@@H](CCCN(C(=N)N)S(=O)(=O)c1c(C)cc(OC)c(C)c1C)C(=O)O. The molecule has 0 spiro atoms. The van der Waals surface area contributed by atoms with Crippen molar-refractivity contribution in [1.82, 2.24) is 9.62 Å². The number of hydrogen-bond donors (Lipinski definition) is 4. The van der Waals surface area contributed by atoms with Crippen molar-refractivity contribution in [2.24, 2.45) is 5.73 Å². The molecule has 0 saturated carbocycles. The number of alkyl carbamates (subject to hydrolysis) is 1. The summed E-state index contributed by atoms with van der Waals surface area (Å²) in [5.41, 5.74) is 7.12. The lowest BCUT2D eigenvalue weighted by atomic mass is 10.1. The Bertz CT molecular complexity index is 979. The Balaban J connectivity index is 3.02. The second kappa shape index (κ2) is 12.3. The lowest BCUT2D eigenvalue weighted by molar-refractivity contribution is -0.139. The van der Waals surface area contributed by atoms with Crippen molar-refractivity contribution in [1.29, 1.82) is 5.41 Å². The summed E-state index contributed by atoms with van der Waals surface area (Å²) in [5, 5.41) is 19.4. The minimum Gasteiger partial charge on any atom is -0.496 e. The van der Waals surface area contributed by atoms with E-state index < -0.39 is 34.1 Å². The van der Waals surface area contributed by atoms with E-state index in [-0.39, 0.29) is 30.9 Å². The molecule has 0 aliphatic rings. The zero-order chi connectivity index (χ0) is 25.3. The van der Waals surface area contributed by atoms with Gasteiger partial charge in [-0.25, -0.2) is 22.3 Å². The highest BCUT2D eigenvalue weighted by Gasteiger charge is 2.31. The van der Waals surface area contributed by atoms with Crippen molar-refractivity contribution in [3.05, 3.63) is 22.8 Å². The van der Waals surface area contributed by atoms with Crippen LogP contribution in [0.3, 0.4) is 0 Å². The van der Waals surface area contributed by atoms with Crippen LogP contribution in [0, 0.1) is 26.2 Å². The first kappa shape index (κ1) is 28.0. The number of aliphatic carboxylic acids is 1. The Labute approximate surface area is 194 Å². The van der Waals surface area contributed by atoms with Crippen molar-refractivity contribution < 1.29 is 32.6 Å². The van der Waals surface area contributed by atoms with E-state index in [4.69, 9.17) is 20.6 Å². The van der Waals surface area contributed by atoms with Crippen LogP contribution in [-0.2, 0) is 19.6 Å². The summed E-state index contributed by atoms with van der Waals surface area (Å²) >= 11 is 0. The molecule has 0 bridgehead atoms. The molecule has 1 rings (SSSR count). The van der Waals surface area contributed by atoms with Gasteiger partial charge in [-0.15, -0.1) is 0 Å². The first-order valence-corrected chi connectivity index (χ1v) is 12.0. The zero-order valence-electron chi connectivity index (χ0n) is 19.7. The number of sulfonamides is 1. The third-order valence-electron chi connectivity index (χ3n) is 5.19. The average Bonchev–Trinajstić information content (AvgIpc) is 2.72. The van der Waals surface area contributed by atoms with E-state index in [2.05, 4.69) is 5.32 Å². The quantitative estimate of drug-likeness (QED) is 0.198. The molecule has 0 aliphatic carbocycles. The van der Waals surface area contributed by atoms with Crippen molar-refractivity contribution >= 4 is 28.0 Å². The van der Waals surface area contributed by atoms with Gasteiger partial charge in [0.2, 0.25) is 5.96 Å². The largest absolute Gasteiger partial charge is 0.496 e. The van der Waals surface area contributed by atoms with E-state index in [9.17, 15) is 23.1 Å². The number of nitrogens with two attached hydrogens (primary N) is 1. The van der Waals surface area contributed by atoms with E-state index in [1.165, 1.54) is 7.11 Å². The Morgan fingerprint density at radius 3 is 2.39 bits per heavy atom. The monoisotopic (exact) mass is 486 g/mol. The molecule has 0 aromatic heterocycles. The van der Waals surface area contributed by atoms with Crippen LogP contribution in [0.25, 0.3) is 0 Å². The maximum Gasteiger partial charge on any atom is 0.407 e. The van der Waals surface area contributed by atoms with Crippen molar-refractivity contribution in [2.45, 2.75) is 64.3 Å². The van der Waals surface area contributed by atoms with E-state index in [1.54, 1.807) is 26.8 Å². The summed E-state index contributed by atoms with van der Waals surface area (Å²) in [6, 6.07) is 0.324. The predicted octanol–water partition coefficient (Wildman–Crippen LogP) is 2.26. The van der Waals surface area contributed by atoms with Crippen molar-refractivity contribution in [3.8, 4) is 5.75 Å². The van der Waals surface area contributed by atoms with Gasteiger partial charge in [-0.2, -0.15) is 0 Å². The Hall–Kier alpha value is -3.02. The highest BCUT2D eigenvalue weighted by Crippen LogP contribution is 2.32. The summed E-state index contributed by atoms with van der Waals surface area (Å²) < 4.78 is 37.6. The fourth-order valence-electron chi connectivity index (χ4n) is 3.30. The summed E-state index contributed by atoms with van der Waals surface area (Å²) in [6.45, 7) is 6.85. The van der Waals surface area contributed by atoms with Gasteiger partial charge in [-0.3, -0.25) is 5.41 Å². The highest BCUT2D eigenvalue weighted by atomic mass is 32.2. The number of nitrogens with one attached hydrogen (secondary N) is 2. The topological polar surface area (TPSA) is 172 Å². The summed E-state index contributed by atoms with van der Waals surface area (Å²) in [5.74, 6) is -1.43. The molecule has 186 valence electrons. The number of benzene rings is 1. The molecule has 33 heavy (non-hydrogen) atoms. The number of unbranched alkanes of at least 4 members (excludes halogenated alkanes) is 1. The number of carbonyl (C=O) groups is 2. The van der Waals surface area contributed by atoms with Gasteiger partial charge in [-0.05, 0) is 62.8 Å². The van der Waals surface area contributed by atoms with E-state index >= 15 is 0 Å². The number of nitrogens with zero attached hydrogens (tertiary/aromatic N) is 1. The first-order valence-electron chi connectivity index (χ1n) is 10.6. The standard InChI is InChI=1S/C21H34N4O7S/c1-6-7-11-32-21(28)24-16(19(26)27)9-8-10-25(20(22)23)33(29,30)18-13(2)12-17(31-5)14(3)15(18)4/h12,16H,6-11H2,1-5H3,(H3,22,23)(H,24,28)(H,26,27)/t16-/m0/s1. The van der Waals surface area contributed by atoms with Gasteiger partial charge < -0.3 is 25.6 Å². The number of rotatable bonds is 12. The molecule has 0 heterocycles. The molecule has 12 heteroatoms. The third-order valence-corrected chi connectivity index (χ3v) is 7.29. The van der Waals surface area contributed by atoms with Gasteiger partial charge >= 0.3 is 12.1 Å². The predicted molar refractivity (Wildman–Crippen MR) is 123 cm³/mol. The van der Waals surface area contributed by atoms with Gasteiger partial charge in [0.05, 0.1) is 18.6 Å². The van der Waals surface area contributed by atoms with Crippen LogP contribution < -0.4 is 15.8 Å². The summed E-state index contributed by atoms with van der Waals surface area (Å²) in [6.07, 6.45) is 0.555. The minimum atomic E-state index is -4.20. The summed E-state index contributed by atoms with van der Waals surface area (Å²) in [4.78, 5) is 23.3. The summed E-state index contributed by atoms with van der Waals surface area (Å²) in [7, 11) is -2.71. The maximum atomic E-state index is 13.4. The molecular weight excluding hydrogens is 452 g/mol. The molecule has 0 radical (unpaired) electrons. The van der Waals surface area contributed by atoms with E-state index in [0.29, 0.717) is 28.9 Å². The number of ether oxygens (including phenoxy) is 2. The van der Waals surface area contributed by atoms with Crippen molar-refractivity contribution in [2.75, 3.05) is 20.3 Å². The minimum absolute atomic E-state index is 0.0170. The maximum absolute atomic E-state index is 13.4. The first-order chi connectivity index (χ1) is 15.4. The van der Waals surface area contributed by atoms with E-state index in [0.717, 1.165) is 10.7 Å². The normalized spacial score (nSPS) is 12.0. The number of guanidine groups is 1. The number of carboxylic acids is 1. The highest BCUT2D eigenvalue weighted by molar-refractivity contribution is 7.89. The smallest absolute Gasteiger partial charge is 0.407 e. The van der Waals surface area contributed by atoms with Gasteiger partial charge in [0.1, 0.15) is 11.8 Å². The Morgan fingerprint density at radius 2 is 1.88 bits per heavy atom. The van der Waals surface area contributed by atoms with Gasteiger partial charge in [0.25, 0.3) is 10.0 Å². The molecule has 1 amide bonds. The lowest BCUT2D eigenvalue weighted by Gasteiger charge is -2.26. The molecule has 1 aromatic carbocycles. The Morgan fingerprint density at radius 1 is 1.24 bits per heavy atom. The fourth-order valence-corrected chi connectivity index (χ4v) is 5.15. The molecule has 0 saturated heterocycles. The third kappa shape index (κ3) is 7.24. The Kier molecular flexibility index (Phi) is 10.4. The molecular formula is C21H34N4O7S. The fraction of sp³-hybridized carbons (Fsp3) is 0.571. The number of carboxylic acid groups (broad SMARTS) is 1. The van der Waals surface area contributed by atoms with Crippen LogP contribution in [0.4, 0.5) is 4.79 Å². The number of hydrogen-bond acceptors (Lipinski definition) is 7. The number of carbonyl (C=O) groups excluding carboxylic acids is 1. The van der Waals surface area contributed by atoms with Crippen LogP contribution in [-0.4, -0.2) is 62.2 Å². The second-order valence-corrected chi connectivity index (χ2v) is 9.40. The number of amides is 1. The van der Waals surface area contributed by atoms with Crippen molar-refractivity contribution in [3.63, 3.8) is 0 Å². The number of methoxy groups -OCH3 is 1. The average molecular weight is 487 g/mol. The second-order valence-electron chi connectivity index (χ2n) is 7.60. The van der Waals surface area contributed by atoms with Gasteiger partial charge in [0.15, 0.2) is 0 Å². The van der Waals surface area contributed by atoms with Gasteiger partial charge in [-0.1, -0.05) is 13.3 Å². The van der Waals surface area contributed by atoms with Crippen LogP contribution in [0.2, 0.25) is 0 Å².